The topological polar surface area (TPSA) is 32.8 Å². The largest absolute Gasteiger partial charge is 0.465 e. The second kappa shape index (κ2) is 7.03. The van der Waals surface area contributed by atoms with Crippen LogP contribution in [-0.2, 0) is 10.9 Å². The van der Waals surface area contributed by atoms with E-state index in [4.69, 9.17) is 0 Å². The second-order valence-corrected chi connectivity index (χ2v) is 5.63. The zero-order valence-electron chi connectivity index (χ0n) is 12.0. The van der Waals surface area contributed by atoms with E-state index >= 15 is 0 Å². The normalized spacial score (nSPS) is 16.7. The van der Waals surface area contributed by atoms with E-state index in [1.54, 1.807) is 4.90 Å². The van der Waals surface area contributed by atoms with Crippen molar-refractivity contribution in [2.24, 2.45) is 0 Å². The van der Waals surface area contributed by atoms with E-state index < -0.39 is 17.7 Å². The number of hydrogen-bond donors (Lipinski definition) is 0. The summed E-state index contributed by atoms with van der Waals surface area (Å²) in [6.45, 7) is 2.51. The summed E-state index contributed by atoms with van der Waals surface area (Å²) >= 11 is 2.24. The number of piperazine rings is 1. The summed E-state index contributed by atoms with van der Waals surface area (Å²) in [5, 5.41) is 0. The summed E-state index contributed by atoms with van der Waals surface area (Å²) in [4.78, 5) is 15.3. The molecule has 1 heterocycles. The van der Waals surface area contributed by atoms with Crippen LogP contribution in [0.5, 0.6) is 0 Å². The number of carbonyl (C=O) groups excluding carboxylic acids is 1. The summed E-state index contributed by atoms with van der Waals surface area (Å²) < 4.78 is 45.3. The Balaban J connectivity index is 2.33. The zero-order valence-corrected chi connectivity index (χ0v) is 14.1. The summed E-state index contributed by atoms with van der Waals surface area (Å²) in [7, 11) is 1.15. The van der Waals surface area contributed by atoms with Crippen molar-refractivity contribution in [2.75, 3.05) is 42.7 Å². The molecule has 1 aliphatic rings. The average Bonchev–Trinajstić information content (AvgIpc) is 2.53. The quantitative estimate of drug-likeness (QED) is 0.321. The molecule has 22 heavy (non-hydrogen) atoms. The molecule has 0 radical (unpaired) electrons. The van der Waals surface area contributed by atoms with Gasteiger partial charge < -0.3 is 9.64 Å². The molecule has 1 aromatic carbocycles. The second-order valence-electron chi connectivity index (χ2n) is 4.95. The lowest BCUT2D eigenvalue weighted by atomic mass is 10.1. The highest BCUT2D eigenvalue weighted by molar-refractivity contribution is 14.1. The molecule has 1 aromatic rings. The van der Waals surface area contributed by atoms with Crippen LogP contribution in [-0.4, -0.2) is 48.7 Å². The number of hydrogen-bond acceptors (Lipinski definition) is 4. The van der Waals surface area contributed by atoms with E-state index in [9.17, 15) is 18.0 Å². The number of rotatable bonds is 3. The standard InChI is InChI=1S/C14H16F3IN2O2/c1-22-13(21)10-2-3-12(11(8-10)14(15,16)17)20-6-4-19(9-18)5-7-20/h2-3,8H,4-7,9H2,1H3. The molecule has 0 atom stereocenters. The number of carbonyl (C=O) groups is 1. The lowest BCUT2D eigenvalue weighted by Gasteiger charge is -2.36. The first kappa shape index (κ1) is 17.3. The molecule has 0 aromatic heterocycles. The van der Waals surface area contributed by atoms with Crippen LogP contribution in [0.15, 0.2) is 18.2 Å². The fourth-order valence-corrected chi connectivity index (χ4v) is 3.07. The predicted octanol–water partition coefficient (Wildman–Crippen LogP) is 3.01. The number of methoxy groups -OCH3 is 1. The molecule has 1 fully saturated rings. The molecule has 1 aliphatic heterocycles. The van der Waals surface area contributed by atoms with E-state index in [1.807, 2.05) is 0 Å². The van der Waals surface area contributed by atoms with E-state index in [0.29, 0.717) is 13.1 Å². The Morgan fingerprint density at radius 3 is 2.41 bits per heavy atom. The molecule has 2 rings (SSSR count). The van der Waals surface area contributed by atoms with Crippen LogP contribution in [0.4, 0.5) is 18.9 Å². The minimum absolute atomic E-state index is 0.0931. The number of anilines is 1. The zero-order chi connectivity index (χ0) is 16.3. The van der Waals surface area contributed by atoms with Gasteiger partial charge in [-0.25, -0.2) is 4.79 Å². The van der Waals surface area contributed by atoms with Crippen molar-refractivity contribution in [3.05, 3.63) is 29.3 Å². The summed E-state index contributed by atoms with van der Waals surface area (Å²) in [5.41, 5.74) is -0.768. The SMILES string of the molecule is COC(=O)c1ccc(N2CCN(CI)CC2)c(C(F)(F)F)c1. The smallest absolute Gasteiger partial charge is 0.418 e. The van der Waals surface area contributed by atoms with Crippen molar-refractivity contribution < 1.29 is 22.7 Å². The first-order valence-electron chi connectivity index (χ1n) is 6.69. The number of halogens is 4. The third-order valence-corrected chi connectivity index (χ3v) is 4.57. The van der Waals surface area contributed by atoms with Crippen molar-refractivity contribution in [3.8, 4) is 0 Å². The van der Waals surface area contributed by atoms with E-state index in [0.717, 1.165) is 30.8 Å². The number of ether oxygens (including phenoxy) is 1. The number of nitrogens with zero attached hydrogens (tertiary/aromatic N) is 2. The van der Waals surface area contributed by atoms with Crippen LogP contribution < -0.4 is 4.90 Å². The Morgan fingerprint density at radius 1 is 1.27 bits per heavy atom. The van der Waals surface area contributed by atoms with Gasteiger partial charge in [0.1, 0.15) is 0 Å². The van der Waals surface area contributed by atoms with Crippen molar-refractivity contribution in [1.82, 2.24) is 4.90 Å². The maximum atomic E-state index is 13.3. The molecule has 0 aliphatic carbocycles. The molecule has 122 valence electrons. The molecule has 0 spiro atoms. The van der Waals surface area contributed by atoms with Crippen LogP contribution in [0.3, 0.4) is 0 Å². The highest BCUT2D eigenvalue weighted by Gasteiger charge is 2.36. The molecule has 8 heteroatoms. The van der Waals surface area contributed by atoms with Crippen molar-refractivity contribution in [3.63, 3.8) is 0 Å². The van der Waals surface area contributed by atoms with Crippen LogP contribution in [0, 0.1) is 0 Å². The Morgan fingerprint density at radius 2 is 1.91 bits per heavy atom. The highest BCUT2D eigenvalue weighted by Crippen LogP contribution is 2.37. The lowest BCUT2D eigenvalue weighted by molar-refractivity contribution is -0.137. The molecular formula is C14H16F3IN2O2. The van der Waals surface area contributed by atoms with Gasteiger partial charge in [0.15, 0.2) is 0 Å². The summed E-state index contributed by atoms with van der Waals surface area (Å²) in [6.07, 6.45) is -4.51. The van der Waals surface area contributed by atoms with Crippen molar-refractivity contribution >= 4 is 34.2 Å². The molecule has 1 saturated heterocycles. The van der Waals surface area contributed by atoms with E-state index in [1.165, 1.54) is 12.1 Å². The Hall–Kier alpha value is -1.03. The first-order valence-corrected chi connectivity index (χ1v) is 8.22. The Bertz CT molecular complexity index is 543. The number of alkyl halides is 4. The maximum absolute atomic E-state index is 13.3. The summed E-state index contributed by atoms with van der Waals surface area (Å²) in [6, 6.07) is 3.60. The van der Waals surface area contributed by atoms with Gasteiger partial charge in [0.25, 0.3) is 0 Å². The molecular weight excluding hydrogens is 412 g/mol. The van der Waals surface area contributed by atoms with Crippen molar-refractivity contribution in [1.29, 1.82) is 0 Å². The Labute approximate surface area is 140 Å². The van der Waals surface area contributed by atoms with Gasteiger partial charge in [0.05, 0.1) is 22.8 Å². The number of benzene rings is 1. The van der Waals surface area contributed by atoms with Crippen LogP contribution in [0.1, 0.15) is 15.9 Å². The van der Waals surface area contributed by atoms with Gasteiger partial charge in [0, 0.05) is 31.9 Å². The van der Waals surface area contributed by atoms with Crippen LogP contribution in [0.25, 0.3) is 0 Å². The van der Waals surface area contributed by atoms with Gasteiger partial charge in [-0.2, -0.15) is 13.2 Å². The minimum atomic E-state index is -4.51. The van der Waals surface area contributed by atoms with Gasteiger partial charge in [-0.05, 0) is 18.2 Å². The average molecular weight is 428 g/mol. The predicted molar refractivity (Wildman–Crippen MR) is 85.5 cm³/mol. The van der Waals surface area contributed by atoms with E-state index in [-0.39, 0.29) is 11.3 Å². The number of esters is 1. The molecule has 4 nitrogen and oxygen atoms in total. The lowest BCUT2D eigenvalue weighted by Crippen LogP contribution is -2.46. The molecule has 0 N–H and O–H groups in total. The summed E-state index contributed by atoms with van der Waals surface area (Å²) in [5.74, 6) is -0.771. The minimum Gasteiger partial charge on any atom is -0.465 e. The van der Waals surface area contributed by atoms with Crippen LogP contribution in [0.2, 0.25) is 0 Å². The van der Waals surface area contributed by atoms with Crippen LogP contribution >= 0.6 is 22.6 Å². The molecule has 0 saturated carbocycles. The van der Waals surface area contributed by atoms with Gasteiger partial charge in [-0.1, -0.05) is 22.6 Å². The first-order chi connectivity index (χ1) is 10.4. The monoisotopic (exact) mass is 428 g/mol. The Kier molecular flexibility index (Phi) is 5.54. The highest BCUT2D eigenvalue weighted by atomic mass is 127. The van der Waals surface area contributed by atoms with Gasteiger partial charge in [-0.3, -0.25) is 4.90 Å². The van der Waals surface area contributed by atoms with E-state index in [2.05, 4.69) is 32.2 Å². The third-order valence-electron chi connectivity index (χ3n) is 3.61. The fraction of sp³-hybridized carbons (Fsp3) is 0.500. The fourth-order valence-electron chi connectivity index (χ4n) is 2.39. The molecule has 0 unspecified atom stereocenters. The molecule has 0 amide bonds. The maximum Gasteiger partial charge on any atom is 0.418 e. The van der Waals surface area contributed by atoms with Crippen molar-refractivity contribution in [2.45, 2.75) is 6.18 Å². The van der Waals surface area contributed by atoms with Gasteiger partial charge in [0.2, 0.25) is 0 Å². The van der Waals surface area contributed by atoms with Gasteiger partial charge in [-0.15, -0.1) is 0 Å². The van der Waals surface area contributed by atoms with Gasteiger partial charge >= 0.3 is 12.1 Å². The third kappa shape index (κ3) is 3.83. The molecule has 0 bridgehead atoms.